The third-order valence-electron chi connectivity index (χ3n) is 8.01. The Kier molecular flexibility index (Phi) is 6.66. The van der Waals surface area contributed by atoms with Crippen molar-refractivity contribution < 1.29 is 22.5 Å². The first-order valence-electron chi connectivity index (χ1n) is 13.3. The zero-order valence-corrected chi connectivity index (χ0v) is 21.9. The lowest BCUT2D eigenvalue weighted by atomic mass is 9.71. The van der Waals surface area contributed by atoms with E-state index in [0.717, 1.165) is 41.5 Å². The van der Waals surface area contributed by atoms with Crippen LogP contribution in [0.4, 0.5) is 13.2 Å². The molecule has 3 aliphatic rings. The molecule has 1 radical (unpaired) electrons. The third-order valence-corrected chi connectivity index (χ3v) is 8.01. The summed E-state index contributed by atoms with van der Waals surface area (Å²) >= 11 is 0. The molecule has 2 fully saturated rings. The lowest BCUT2D eigenvalue weighted by Gasteiger charge is -2.34. The van der Waals surface area contributed by atoms with Crippen LogP contribution in [0.2, 0.25) is 0 Å². The Hall–Kier alpha value is -3.31. The van der Waals surface area contributed by atoms with Crippen LogP contribution in [0.15, 0.2) is 57.7 Å². The molecule has 0 bridgehead atoms. The van der Waals surface area contributed by atoms with E-state index >= 15 is 0 Å². The van der Waals surface area contributed by atoms with Gasteiger partial charge in [-0.2, -0.15) is 13.2 Å². The Morgan fingerprint density at radius 2 is 2.03 bits per heavy atom. The molecule has 11 heteroatoms. The standard InChI is InChI=1S/C28H31F3N6O2/c1-18-13-35(9-10-39-18)14-19-11-23(28(29,30)31)24-16-36(27(38)37(24)15-19)22-8-4-7-21(12-22)25(20-5-3-6-20)26-33-32-17-34(26)2/h4,7-8,11-12,15-18,20,25H,3,5-6,9-10,13-14H2,1-2H3/q+1/t18-,25-/m1/s1. The molecule has 6 rings (SSSR count). The fourth-order valence-electron chi connectivity index (χ4n) is 5.88. The SMILES string of the molecule is C[C@@H]1CN(Cc2cc(C(F)(F)F)c3cn(-c4cccc([C@H]([C]5N=NC=[N+]5C)C5CCC5)c4)c(=O)n3c2)CCO1. The molecule has 1 aromatic carbocycles. The Morgan fingerprint density at radius 1 is 1.21 bits per heavy atom. The largest absolute Gasteiger partial charge is 0.418 e. The van der Waals surface area contributed by atoms with Gasteiger partial charge in [0.25, 0.3) is 0 Å². The van der Waals surface area contributed by atoms with Gasteiger partial charge < -0.3 is 4.74 Å². The van der Waals surface area contributed by atoms with Gasteiger partial charge in [0, 0.05) is 32.0 Å². The summed E-state index contributed by atoms with van der Waals surface area (Å²) in [4.78, 5) is 15.6. The highest BCUT2D eigenvalue weighted by Gasteiger charge is 2.42. The molecule has 0 N–H and O–H groups in total. The molecule has 2 atom stereocenters. The van der Waals surface area contributed by atoms with Crippen molar-refractivity contribution in [2.24, 2.45) is 16.1 Å². The maximum absolute atomic E-state index is 14.2. The molecule has 8 nitrogen and oxygen atoms in total. The number of aromatic nitrogens is 2. The minimum absolute atomic E-state index is 0.00552. The number of rotatable bonds is 6. The van der Waals surface area contributed by atoms with Crippen molar-refractivity contribution in [3.8, 4) is 5.69 Å². The fraction of sp³-hybridized carbons (Fsp3) is 0.464. The van der Waals surface area contributed by atoms with Crippen molar-refractivity contribution in [2.45, 2.75) is 50.9 Å². The van der Waals surface area contributed by atoms with Crippen LogP contribution < -0.4 is 5.69 Å². The molecule has 1 saturated heterocycles. The van der Waals surface area contributed by atoms with Crippen molar-refractivity contribution in [1.29, 1.82) is 0 Å². The maximum Gasteiger partial charge on any atom is 0.418 e. The van der Waals surface area contributed by atoms with Gasteiger partial charge >= 0.3 is 24.4 Å². The van der Waals surface area contributed by atoms with Crippen LogP contribution in [0.25, 0.3) is 11.2 Å². The highest BCUT2D eigenvalue weighted by molar-refractivity contribution is 5.58. The molecular formula is C28H31F3N6O2+. The summed E-state index contributed by atoms with van der Waals surface area (Å²) in [7, 11) is 1.91. The highest BCUT2D eigenvalue weighted by atomic mass is 19.4. The van der Waals surface area contributed by atoms with Gasteiger partial charge in [-0.1, -0.05) is 18.6 Å². The Bertz CT molecular complexity index is 1500. The Balaban J connectivity index is 1.41. The van der Waals surface area contributed by atoms with E-state index in [4.69, 9.17) is 4.74 Å². The predicted octanol–water partition coefficient (Wildman–Crippen LogP) is 4.84. The molecule has 4 heterocycles. The van der Waals surface area contributed by atoms with Crippen LogP contribution in [-0.4, -0.2) is 57.6 Å². The number of imidazole rings is 1. The van der Waals surface area contributed by atoms with Crippen molar-refractivity contribution in [1.82, 2.24) is 13.9 Å². The lowest BCUT2D eigenvalue weighted by Crippen LogP contribution is -2.40. The van der Waals surface area contributed by atoms with Gasteiger partial charge in [0.2, 0.25) is 0 Å². The first-order valence-corrected chi connectivity index (χ1v) is 13.3. The number of ether oxygens (including phenoxy) is 1. The monoisotopic (exact) mass is 540 g/mol. The van der Waals surface area contributed by atoms with Gasteiger partial charge in [0.05, 0.1) is 47.6 Å². The number of halogens is 3. The lowest BCUT2D eigenvalue weighted by molar-refractivity contribution is -0.480. The number of benzene rings is 1. The van der Waals surface area contributed by atoms with Gasteiger partial charge in [0.1, 0.15) is 0 Å². The number of hydrogen-bond acceptors (Lipinski definition) is 5. The van der Waals surface area contributed by atoms with E-state index in [0.29, 0.717) is 43.4 Å². The molecule has 0 amide bonds. The smallest absolute Gasteiger partial charge is 0.376 e. The van der Waals surface area contributed by atoms with E-state index in [1.54, 1.807) is 12.4 Å². The molecule has 1 aliphatic carbocycles. The number of alkyl halides is 3. The van der Waals surface area contributed by atoms with Crippen LogP contribution >= 0.6 is 0 Å². The summed E-state index contributed by atoms with van der Waals surface area (Å²) in [5.41, 5.74) is 0.395. The molecule has 39 heavy (non-hydrogen) atoms. The Labute approximate surface area is 224 Å². The molecule has 1 saturated carbocycles. The molecule has 3 aromatic rings. The van der Waals surface area contributed by atoms with Crippen molar-refractivity contribution in [2.75, 3.05) is 26.7 Å². The Morgan fingerprint density at radius 3 is 2.69 bits per heavy atom. The first kappa shape index (κ1) is 25.9. The third kappa shape index (κ3) is 4.93. The zero-order chi connectivity index (χ0) is 27.3. The van der Waals surface area contributed by atoms with E-state index in [1.165, 1.54) is 17.0 Å². The maximum atomic E-state index is 14.2. The summed E-state index contributed by atoms with van der Waals surface area (Å²) in [5, 5.41) is 8.41. The molecular weight excluding hydrogens is 509 g/mol. The predicted molar refractivity (Wildman–Crippen MR) is 139 cm³/mol. The molecule has 2 aliphatic heterocycles. The molecule has 0 spiro atoms. The van der Waals surface area contributed by atoms with Gasteiger partial charge in [-0.05, 0) is 60.1 Å². The highest BCUT2D eigenvalue weighted by Crippen LogP contribution is 2.46. The number of likely N-dealkylation sites (N-methyl/N-ethyl adjacent to an activating group) is 1. The number of morpholine rings is 1. The summed E-state index contributed by atoms with van der Waals surface area (Å²) in [6.45, 7) is 4.02. The van der Waals surface area contributed by atoms with Crippen LogP contribution in [0.1, 0.15) is 48.8 Å². The van der Waals surface area contributed by atoms with Crippen molar-refractivity contribution in [3.63, 3.8) is 0 Å². The average Bonchev–Trinajstić information content (AvgIpc) is 3.43. The van der Waals surface area contributed by atoms with E-state index in [1.807, 2.05) is 41.6 Å². The number of azo groups is 1. The first-order chi connectivity index (χ1) is 18.7. The summed E-state index contributed by atoms with van der Waals surface area (Å²) in [6.07, 6.45) is 4.02. The van der Waals surface area contributed by atoms with E-state index in [9.17, 15) is 18.0 Å². The fourth-order valence-corrected chi connectivity index (χ4v) is 5.88. The number of fused-ring (bicyclic) bond motifs is 1. The number of nitrogens with zero attached hydrogens (tertiary/aromatic N) is 6. The molecule has 0 unspecified atom stereocenters. The van der Waals surface area contributed by atoms with E-state index < -0.39 is 17.4 Å². The number of hydrogen-bond donors (Lipinski definition) is 0. The zero-order valence-electron chi connectivity index (χ0n) is 21.9. The van der Waals surface area contributed by atoms with Gasteiger partial charge in [0.15, 0.2) is 0 Å². The van der Waals surface area contributed by atoms with Gasteiger partial charge in [-0.25, -0.2) is 9.37 Å². The van der Waals surface area contributed by atoms with Crippen molar-refractivity contribution >= 4 is 11.9 Å². The van der Waals surface area contributed by atoms with E-state index in [2.05, 4.69) is 10.2 Å². The summed E-state index contributed by atoms with van der Waals surface area (Å²) in [6, 6.07) is 8.64. The number of pyridine rings is 1. The van der Waals surface area contributed by atoms with Crippen LogP contribution in [0.5, 0.6) is 0 Å². The second-order valence-electron chi connectivity index (χ2n) is 10.8. The van der Waals surface area contributed by atoms with Crippen LogP contribution in [0, 0.1) is 12.1 Å². The molecule has 2 aromatic heterocycles. The summed E-state index contributed by atoms with van der Waals surface area (Å²) in [5.74, 6) is 0.391. The second kappa shape index (κ2) is 10.0. The van der Waals surface area contributed by atoms with Gasteiger partial charge in [-0.15, -0.1) is 0 Å². The average molecular weight is 541 g/mol. The normalized spacial score (nSPS) is 21.9. The van der Waals surface area contributed by atoms with E-state index in [-0.39, 0.29) is 17.5 Å². The van der Waals surface area contributed by atoms with Crippen molar-refractivity contribution in [3.05, 3.63) is 76.1 Å². The quantitative estimate of drug-likeness (QED) is 0.421. The summed E-state index contributed by atoms with van der Waals surface area (Å²) < 4.78 is 52.5. The van der Waals surface area contributed by atoms with Crippen LogP contribution in [0.3, 0.4) is 0 Å². The van der Waals surface area contributed by atoms with Gasteiger partial charge in [-0.3, -0.25) is 13.9 Å². The minimum Gasteiger partial charge on any atom is -0.376 e. The van der Waals surface area contributed by atoms with Crippen LogP contribution in [-0.2, 0) is 17.5 Å². The minimum atomic E-state index is -4.61. The molecule has 205 valence electrons. The second-order valence-corrected chi connectivity index (χ2v) is 10.8. The topological polar surface area (TPSA) is 66.6 Å².